The molecule has 1 heterocycles. The van der Waals surface area contributed by atoms with Gasteiger partial charge in [0, 0.05) is 19.7 Å². The molecule has 64 valence electrons. The summed E-state index contributed by atoms with van der Waals surface area (Å²) in [7, 11) is 0. The molecular formula is C8H15NO2. The van der Waals surface area contributed by atoms with E-state index < -0.39 is 0 Å². The van der Waals surface area contributed by atoms with Gasteiger partial charge in [0.25, 0.3) is 0 Å². The molecule has 1 aliphatic rings. The van der Waals surface area contributed by atoms with Crippen molar-refractivity contribution in [3.63, 3.8) is 0 Å². The number of hydrogen-bond donors (Lipinski definition) is 0. The molecule has 1 fully saturated rings. The Morgan fingerprint density at radius 1 is 1.55 bits per heavy atom. The predicted molar refractivity (Wildman–Crippen MR) is 42.3 cm³/mol. The number of likely N-dealkylation sites (tertiary alicyclic amines) is 1. The van der Waals surface area contributed by atoms with Gasteiger partial charge in [-0.15, -0.1) is 0 Å². The molecule has 1 rings (SSSR count). The Balaban J connectivity index is 2.18. The number of nitrogens with zero attached hydrogens (tertiary/aromatic N) is 1. The van der Waals surface area contributed by atoms with E-state index >= 15 is 0 Å². The minimum absolute atomic E-state index is 0.385. The molecule has 0 aliphatic carbocycles. The molecule has 11 heavy (non-hydrogen) atoms. The zero-order valence-corrected chi connectivity index (χ0v) is 6.95. The van der Waals surface area contributed by atoms with Crippen molar-refractivity contribution < 1.29 is 9.53 Å². The summed E-state index contributed by atoms with van der Waals surface area (Å²) < 4.78 is 5.43. The summed E-state index contributed by atoms with van der Waals surface area (Å²) in [5.41, 5.74) is 0. The maximum absolute atomic E-state index is 10.3. The van der Waals surface area contributed by atoms with Gasteiger partial charge in [0.05, 0.1) is 6.10 Å². The van der Waals surface area contributed by atoms with Crippen LogP contribution in [0.15, 0.2) is 0 Å². The van der Waals surface area contributed by atoms with Gasteiger partial charge in [-0.2, -0.15) is 0 Å². The summed E-state index contributed by atoms with van der Waals surface area (Å²) in [5.74, 6) is 0. The second-order valence-corrected chi connectivity index (χ2v) is 2.80. The lowest BCUT2D eigenvalue weighted by Gasteiger charge is -2.28. The zero-order chi connectivity index (χ0) is 8.10. The van der Waals surface area contributed by atoms with E-state index in [2.05, 4.69) is 0 Å². The lowest BCUT2D eigenvalue weighted by molar-refractivity contribution is -0.120. The van der Waals surface area contributed by atoms with E-state index in [1.807, 2.05) is 6.92 Å². The molecule has 0 spiro atoms. The molecule has 0 aromatic rings. The van der Waals surface area contributed by atoms with Gasteiger partial charge in [-0.25, -0.2) is 0 Å². The number of hydrogen-bond acceptors (Lipinski definition) is 2. The van der Waals surface area contributed by atoms with Crippen molar-refractivity contribution in [2.45, 2.75) is 25.9 Å². The number of rotatable bonds is 3. The van der Waals surface area contributed by atoms with Crippen LogP contribution in [-0.2, 0) is 9.53 Å². The fourth-order valence-corrected chi connectivity index (χ4v) is 1.38. The molecule has 0 atom stereocenters. The van der Waals surface area contributed by atoms with E-state index in [0.717, 1.165) is 38.9 Å². The Kier molecular flexibility index (Phi) is 3.36. The van der Waals surface area contributed by atoms with Gasteiger partial charge in [0.1, 0.15) is 0 Å². The van der Waals surface area contributed by atoms with Gasteiger partial charge in [0.2, 0.25) is 6.41 Å². The van der Waals surface area contributed by atoms with Crippen molar-refractivity contribution in [1.82, 2.24) is 4.90 Å². The Bertz CT molecular complexity index is 119. The fourth-order valence-electron chi connectivity index (χ4n) is 1.38. The van der Waals surface area contributed by atoms with Gasteiger partial charge < -0.3 is 9.64 Å². The first-order valence-electron chi connectivity index (χ1n) is 4.17. The highest BCUT2D eigenvalue weighted by molar-refractivity contribution is 5.47. The van der Waals surface area contributed by atoms with Gasteiger partial charge >= 0.3 is 0 Å². The van der Waals surface area contributed by atoms with Crippen LogP contribution in [-0.4, -0.2) is 37.1 Å². The van der Waals surface area contributed by atoms with E-state index in [0.29, 0.717) is 6.10 Å². The van der Waals surface area contributed by atoms with Gasteiger partial charge in [-0.05, 0) is 19.8 Å². The fraction of sp³-hybridized carbons (Fsp3) is 0.875. The molecule has 1 amide bonds. The van der Waals surface area contributed by atoms with Crippen LogP contribution in [0.3, 0.4) is 0 Å². The summed E-state index contributed by atoms with van der Waals surface area (Å²) in [6, 6.07) is 0. The summed E-state index contributed by atoms with van der Waals surface area (Å²) in [6.45, 7) is 4.50. The predicted octanol–water partition coefficient (Wildman–Crippen LogP) is 0.644. The summed E-state index contributed by atoms with van der Waals surface area (Å²) in [6.07, 6.45) is 3.29. The molecule has 1 aliphatic heterocycles. The monoisotopic (exact) mass is 157 g/mol. The first kappa shape index (κ1) is 8.53. The third-order valence-electron chi connectivity index (χ3n) is 2.03. The Hall–Kier alpha value is -0.570. The van der Waals surface area contributed by atoms with Gasteiger partial charge in [-0.1, -0.05) is 0 Å². The van der Waals surface area contributed by atoms with Crippen LogP contribution in [0.4, 0.5) is 0 Å². The lowest BCUT2D eigenvalue weighted by atomic mass is 10.1. The topological polar surface area (TPSA) is 29.5 Å². The minimum atomic E-state index is 0.385. The molecule has 1 saturated heterocycles. The largest absolute Gasteiger partial charge is 0.378 e. The quantitative estimate of drug-likeness (QED) is 0.563. The summed E-state index contributed by atoms with van der Waals surface area (Å²) in [4.78, 5) is 12.1. The van der Waals surface area contributed by atoms with Crippen LogP contribution >= 0.6 is 0 Å². The van der Waals surface area contributed by atoms with Crippen molar-refractivity contribution in [3.8, 4) is 0 Å². The molecule has 3 nitrogen and oxygen atoms in total. The Morgan fingerprint density at radius 3 is 2.64 bits per heavy atom. The van der Waals surface area contributed by atoms with Crippen molar-refractivity contribution in [3.05, 3.63) is 0 Å². The van der Waals surface area contributed by atoms with Crippen LogP contribution in [0.25, 0.3) is 0 Å². The average Bonchev–Trinajstić information content (AvgIpc) is 2.07. The Labute approximate surface area is 67.3 Å². The highest BCUT2D eigenvalue weighted by Crippen LogP contribution is 2.11. The minimum Gasteiger partial charge on any atom is -0.378 e. The smallest absolute Gasteiger partial charge is 0.209 e. The first-order chi connectivity index (χ1) is 5.36. The molecule has 3 heteroatoms. The summed E-state index contributed by atoms with van der Waals surface area (Å²) >= 11 is 0. The molecule has 0 aromatic heterocycles. The number of piperidine rings is 1. The first-order valence-corrected chi connectivity index (χ1v) is 4.17. The van der Waals surface area contributed by atoms with Gasteiger partial charge in [-0.3, -0.25) is 4.79 Å². The number of carbonyl (C=O) groups excluding carboxylic acids is 1. The standard InChI is InChI=1S/C8H15NO2/c1-2-11-8-3-5-9(7-10)6-4-8/h7-8H,2-6H2,1H3. The summed E-state index contributed by atoms with van der Waals surface area (Å²) in [5, 5.41) is 0. The van der Waals surface area contributed by atoms with Crippen molar-refractivity contribution >= 4 is 6.41 Å². The second kappa shape index (κ2) is 4.34. The van der Waals surface area contributed by atoms with Crippen LogP contribution in [0.1, 0.15) is 19.8 Å². The van der Waals surface area contributed by atoms with E-state index in [-0.39, 0.29) is 0 Å². The maximum atomic E-state index is 10.3. The van der Waals surface area contributed by atoms with E-state index in [4.69, 9.17) is 4.74 Å². The van der Waals surface area contributed by atoms with Crippen molar-refractivity contribution in [2.24, 2.45) is 0 Å². The molecular weight excluding hydrogens is 142 g/mol. The number of ether oxygens (including phenoxy) is 1. The van der Waals surface area contributed by atoms with E-state index in [9.17, 15) is 4.79 Å². The molecule has 0 bridgehead atoms. The highest BCUT2D eigenvalue weighted by atomic mass is 16.5. The second-order valence-electron chi connectivity index (χ2n) is 2.80. The van der Waals surface area contributed by atoms with Crippen molar-refractivity contribution in [1.29, 1.82) is 0 Å². The maximum Gasteiger partial charge on any atom is 0.209 e. The zero-order valence-electron chi connectivity index (χ0n) is 6.95. The van der Waals surface area contributed by atoms with Crippen molar-refractivity contribution in [2.75, 3.05) is 19.7 Å². The van der Waals surface area contributed by atoms with Crippen LogP contribution in [0, 0.1) is 0 Å². The number of amides is 1. The SMILES string of the molecule is CCOC1CCN(C=O)CC1. The van der Waals surface area contributed by atoms with Crippen LogP contribution in [0.5, 0.6) is 0 Å². The highest BCUT2D eigenvalue weighted by Gasteiger charge is 2.17. The molecule has 0 radical (unpaired) electrons. The lowest BCUT2D eigenvalue weighted by Crippen LogP contribution is -2.35. The third kappa shape index (κ3) is 2.50. The average molecular weight is 157 g/mol. The normalized spacial score (nSPS) is 20.3. The molecule has 0 saturated carbocycles. The van der Waals surface area contributed by atoms with E-state index in [1.165, 1.54) is 0 Å². The van der Waals surface area contributed by atoms with E-state index in [1.54, 1.807) is 4.90 Å². The van der Waals surface area contributed by atoms with Crippen LogP contribution < -0.4 is 0 Å². The number of carbonyl (C=O) groups is 1. The Morgan fingerprint density at radius 2 is 2.18 bits per heavy atom. The molecule has 0 aromatic carbocycles. The molecule has 0 unspecified atom stereocenters. The van der Waals surface area contributed by atoms with Crippen LogP contribution in [0.2, 0.25) is 0 Å². The third-order valence-corrected chi connectivity index (χ3v) is 2.03. The molecule has 0 N–H and O–H groups in total. The van der Waals surface area contributed by atoms with Gasteiger partial charge in [0.15, 0.2) is 0 Å².